The number of carboxylic acids is 2. The van der Waals surface area contributed by atoms with Gasteiger partial charge in [-0.1, -0.05) is 212 Å². The molecule has 0 aliphatic rings. The van der Waals surface area contributed by atoms with E-state index in [1.54, 1.807) is 25.1 Å². The van der Waals surface area contributed by atoms with Crippen LogP contribution in [0.1, 0.15) is 225 Å². The van der Waals surface area contributed by atoms with Crippen LogP contribution in [0.15, 0.2) is 29.2 Å². The molecule has 0 aromatic heterocycles. The summed E-state index contributed by atoms with van der Waals surface area (Å²) in [5.74, 6) is -1.81. The standard InChI is InChI=1S/2C18H36O2.C7H8O3S.Mg/c2*1-2-3-4-5-6-7-8-9-10-11-12-13-14-15-16-17-18(19)20;1-6-4-2-3-5-7(6)11(8,9)10;/h2*2-17H2,1H3,(H,19,20);2-5H,1H3,(H,8,9,10);/q;;;+2/p-2. The van der Waals surface area contributed by atoms with Gasteiger partial charge in [0.15, 0.2) is 0 Å². The second-order valence-corrected chi connectivity index (χ2v) is 15.8. The number of unbranched alkanes of at least 4 members (excludes halogenated alkanes) is 28. The van der Waals surface area contributed by atoms with Crippen molar-refractivity contribution < 1.29 is 32.8 Å². The van der Waals surface area contributed by atoms with E-state index >= 15 is 0 Å². The second kappa shape index (κ2) is 42.6. The van der Waals surface area contributed by atoms with Crippen LogP contribution in [-0.2, 0) is 19.7 Å². The fraction of sp³-hybridized carbons (Fsp3) is 0.814. The molecule has 0 atom stereocenters. The van der Waals surface area contributed by atoms with Gasteiger partial charge in [-0.15, -0.1) is 0 Å². The first-order valence-electron chi connectivity index (χ1n) is 21.0. The van der Waals surface area contributed by atoms with E-state index in [2.05, 4.69) is 13.8 Å². The van der Waals surface area contributed by atoms with Crippen molar-refractivity contribution in [2.24, 2.45) is 0 Å². The summed E-state index contributed by atoms with van der Waals surface area (Å²) >= 11 is 0. The fourth-order valence-corrected chi connectivity index (χ4v) is 6.85. The van der Waals surface area contributed by atoms with Crippen LogP contribution in [0.4, 0.5) is 0 Å². The van der Waals surface area contributed by atoms with E-state index in [0.717, 1.165) is 25.7 Å². The van der Waals surface area contributed by atoms with Crippen LogP contribution in [0.25, 0.3) is 0 Å². The molecule has 0 aliphatic carbocycles. The molecular weight excluding hydrogens is 685 g/mol. The van der Waals surface area contributed by atoms with Gasteiger partial charge in [0.2, 0.25) is 0 Å². The number of aliphatic carboxylic acids is 2. The summed E-state index contributed by atoms with van der Waals surface area (Å²) < 4.78 is 29.9. The molecule has 0 saturated carbocycles. The topological polar surface area (TPSA) is 135 Å². The van der Waals surface area contributed by atoms with Crippen molar-refractivity contribution in [3.63, 3.8) is 0 Å². The quantitative estimate of drug-likeness (QED) is 0.0428. The summed E-state index contributed by atoms with van der Waals surface area (Å²) in [6.45, 7) is 6.16. The third-order valence-electron chi connectivity index (χ3n) is 9.34. The first-order valence-corrected chi connectivity index (χ1v) is 22.4. The minimum absolute atomic E-state index is 0. The average Bonchev–Trinajstić information content (AvgIpc) is 3.08. The molecule has 1 N–H and O–H groups in total. The Labute approximate surface area is 337 Å². The van der Waals surface area contributed by atoms with Crippen LogP contribution < -0.4 is 10.2 Å². The van der Waals surface area contributed by atoms with Gasteiger partial charge in [0.1, 0.15) is 0 Å². The Bertz CT molecular complexity index is 972. The molecule has 0 fully saturated rings. The molecule has 0 amide bonds. The maximum absolute atomic E-state index is 10.6. The molecule has 9 heteroatoms. The Hall–Kier alpha value is -1.16. The Balaban J connectivity index is -0.000000713. The van der Waals surface area contributed by atoms with Gasteiger partial charge < -0.3 is 19.8 Å². The van der Waals surface area contributed by atoms with E-state index in [9.17, 15) is 28.2 Å². The van der Waals surface area contributed by atoms with Gasteiger partial charge in [-0.25, -0.2) is 0 Å². The molecule has 1 aromatic rings. The Morgan fingerprint density at radius 1 is 0.481 bits per heavy atom. The molecule has 0 radical (unpaired) electrons. The van der Waals surface area contributed by atoms with Gasteiger partial charge in [0, 0.05) is 11.9 Å². The number of carbonyl (C=O) groups excluding carboxylic acids is 2. The van der Waals surface area contributed by atoms with E-state index in [1.165, 1.54) is 173 Å². The Morgan fingerprint density at radius 2 is 0.712 bits per heavy atom. The molecule has 1 aromatic carbocycles. The predicted molar refractivity (Wildman–Crippen MR) is 216 cm³/mol. The van der Waals surface area contributed by atoms with Crippen molar-refractivity contribution in [1.82, 2.24) is 0 Å². The molecule has 0 saturated heterocycles. The molecule has 0 bridgehead atoms. The van der Waals surface area contributed by atoms with Crippen LogP contribution in [-0.4, -0.2) is 48.0 Å². The van der Waals surface area contributed by atoms with Gasteiger partial charge in [0.25, 0.3) is 10.1 Å². The van der Waals surface area contributed by atoms with Crippen molar-refractivity contribution in [3.8, 4) is 0 Å². The van der Waals surface area contributed by atoms with Crippen LogP contribution >= 0.6 is 0 Å². The van der Waals surface area contributed by atoms with Crippen molar-refractivity contribution in [3.05, 3.63) is 29.8 Å². The minimum Gasteiger partial charge on any atom is -0.550 e. The first kappa shape index (κ1) is 55.2. The second-order valence-electron chi connectivity index (χ2n) is 14.4. The number of hydrogen-bond donors (Lipinski definition) is 1. The van der Waals surface area contributed by atoms with Crippen LogP contribution in [0, 0.1) is 6.92 Å². The van der Waals surface area contributed by atoms with Crippen LogP contribution in [0.5, 0.6) is 0 Å². The molecule has 0 spiro atoms. The summed E-state index contributed by atoms with van der Waals surface area (Å²) in [5.41, 5.74) is 0.551. The van der Waals surface area contributed by atoms with Crippen molar-refractivity contribution in [2.75, 3.05) is 0 Å². The van der Waals surface area contributed by atoms with Crippen molar-refractivity contribution in [2.45, 2.75) is 231 Å². The van der Waals surface area contributed by atoms with Gasteiger partial charge in [-0.3, -0.25) is 4.55 Å². The zero-order valence-corrected chi connectivity index (χ0v) is 36.2. The van der Waals surface area contributed by atoms with Crippen molar-refractivity contribution >= 4 is 45.1 Å². The predicted octanol–water partition coefficient (Wildman–Crippen LogP) is 10.9. The Morgan fingerprint density at radius 3 is 0.904 bits per heavy atom. The third-order valence-corrected chi connectivity index (χ3v) is 10.4. The van der Waals surface area contributed by atoms with Gasteiger partial charge in [0.05, 0.1) is 4.90 Å². The van der Waals surface area contributed by atoms with E-state index in [1.807, 2.05) is 0 Å². The van der Waals surface area contributed by atoms with E-state index in [-0.39, 0.29) is 40.8 Å². The van der Waals surface area contributed by atoms with Crippen LogP contribution in [0.3, 0.4) is 0 Å². The summed E-state index contributed by atoms with van der Waals surface area (Å²) in [6, 6.07) is 6.27. The molecular formula is C43H78MgO7S. The van der Waals surface area contributed by atoms with E-state index in [0.29, 0.717) is 5.56 Å². The monoisotopic (exact) mass is 763 g/mol. The molecule has 0 heterocycles. The zero-order valence-electron chi connectivity index (χ0n) is 33.9. The molecule has 52 heavy (non-hydrogen) atoms. The van der Waals surface area contributed by atoms with Crippen molar-refractivity contribution in [1.29, 1.82) is 0 Å². The van der Waals surface area contributed by atoms with E-state index in [4.69, 9.17) is 4.55 Å². The largest absolute Gasteiger partial charge is 2.00 e. The van der Waals surface area contributed by atoms with Crippen LogP contribution in [0.2, 0.25) is 0 Å². The molecule has 0 unspecified atom stereocenters. The minimum atomic E-state index is -4.03. The molecule has 0 aliphatic heterocycles. The molecule has 7 nitrogen and oxygen atoms in total. The molecule has 1 rings (SSSR count). The number of benzene rings is 1. The number of hydrogen-bond acceptors (Lipinski definition) is 6. The van der Waals surface area contributed by atoms with Gasteiger partial charge in [-0.2, -0.15) is 8.42 Å². The van der Waals surface area contributed by atoms with Gasteiger partial charge >= 0.3 is 23.1 Å². The number of aryl methyl sites for hydroxylation is 1. The average molecular weight is 763 g/mol. The molecule has 300 valence electrons. The van der Waals surface area contributed by atoms with Gasteiger partial charge in [-0.05, 0) is 44.2 Å². The zero-order chi connectivity index (χ0) is 38.3. The summed E-state index contributed by atoms with van der Waals surface area (Å²) in [6.07, 6.45) is 39.7. The maximum atomic E-state index is 10.6. The number of rotatable bonds is 33. The number of carboxylic acid groups (broad SMARTS) is 2. The Kier molecular flexibility index (Phi) is 45.2. The normalized spacial score (nSPS) is 10.8. The SMILES string of the molecule is CCCCCCCCCCCCCCCCCC(=O)[O-].CCCCCCCCCCCCCCCCCC(=O)[O-].Cc1ccccc1S(=O)(=O)O.[Mg+2]. The third kappa shape index (κ3) is 45.0. The summed E-state index contributed by atoms with van der Waals surface area (Å²) in [4.78, 5) is 20.4. The number of carbonyl (C=O) groups is 2. The smallest absolute Gasteiger partial charge is 0.550 e. The summed E-state index contributed by atoms with van der Waals surface area (Å²) in [7, 11) is -4.03. The first-order chi connectivity index (χ1) is 24.6. The fourth-order valence-electron chi connectivity index (χ4n) is 6.13. The summed E-state index contributed by atoms with van der Waals surface area (Å²) in [5, 5.41) is 20.4. The van der Waals surface area contributed by atoms with E-state index < -0.39 is 22.1 Å². The maximum Gasteiger partial charge on any atom is 2.00 e.